The summed E-state index contributed by atoms with van der Waals surface area (Å²) in [4.78, 5) is 0. The molecule has 0 fully saturated rings. The lowest BCUT2D eigenvalue weighted by molar-refractivity contribution is 0.532. The van der Waals surface area contributed by atoms with E-state index in [9.17, 15) is 0 Å². The minimum Gasteiger partial charge on any atom is -0.313 e. The first-order chi connectivity index (χ1) is 6.33. The van der Waals surface area contributed by atoms with Gasteiger partial charge in [0.25, 0.3) is 0 Å². The van der Waals surface area contributed by atoms with E-state index < -0.39 is 0 Å². The highest BCUT2D eigenvalue weighted by molar-refractivity contribution is 5.23. The molecule has 0 amide bonds. The Balaban J connectivity index is 2.36. The Hall–Kier alpha value is -0.830. The van der Waals surface area contributed by atoms with Crippen LogP contribution in [0.1, 0.15) is 36.6 Å². The highest BCUT2D eigenvalue weighted by atomic mass is 15.3. The topological polar surface area (TPSA) is 29.9 Å². The van der Waals surface area contributed by atoms with Gasteiger partial charge in [-0.25, -0.2) is 0 Å². The minimum atomic E-state index is 0.520. The normalized spacial score (nSPS) is 22.5. The summed E-state index contributed by atoms with van der Waals surface area (Å²) >= 11 is 0. The fraction of sp³-hybridized carbons (Fsp3) is 0.700. The van der Waals surface area contributed by atoms with E-state index in [1.54, 1.807) is 0 Å². The quantitative estimate of drug-likeness (QED) is 0.660. The lowest BCUT2D eigenvalue weighted by Crippen LogP contribution is -2.15. The van der Waals surface area contributed by atoms with Crippen molar-refractivity contribution in [3.63, 3.8) is 0 Å². The van der Waals surface area contributed by atoms with E-state index in [-0.39, 0.29) is 0 Å². The Kier molecular flexibility index (Phi) is 2.36. The summed E-state index contributed by atoms with van der Waals surface area (Å²) in [5.41, 5.74) is 2.82. The summed E-state index contributed by atoms with van der Waals surface area (Å²) in [6.45, 7) is 0. The largest absolute Gasteiger partial charge is 0.313 e. The zero-order valence-electron chi connectivity index (χ0n) is 8.38. The predicted molar refractivity (Wildman–Crippen MR) is 52.6 cm³/mol. The van der Waals surface area contributed by atoms with Crippen molar-refractivity contribution in [1.82, 2.24) is 15.1 Å². The van der Waals surface area contributed by atoms with Crippen LogP contribution in [0.25, 0.3) is 0 Å². The lowest BCUT2D eigenvalue weighted by atomic mass is 10.1. The van der Waals surface area contributed by atoms with Gasteiger partial charge in [-0.2, -0.15) is 5.10 Å². The number of nitrogens with zero attached hydrogens (tertiary/aromatic N) is 2. The van der Waals surface area contributed by atoms with Crippen LogP contribution in [0.2, 0.25) is 0 Å². The van der Waals surface area contributed by atoms with Crippen molar-refractivity contribution in [2.75, 3.05) is 7.05 Å². The van der Waals surface area contributed by atoms with Crippen LogP contribution < -0.4 is 5.32 Å². The molecule has 1 N–H and O–H groups in total. The first-order valence-corrected chi connectivity index (χ1v) is 5.01. The number of rotatable bonds is 1. The molecule has 3 heteroatoms. The van der Waals surface area contributed by atoms with Gasteiger partial charge in [-0.05, 0) is 26.3 Å². The Morgan fingerprint density at radius 1 is 1.54 bits per heavy atom. The molecule has 13 heavy (non-hydrogen) atoms. The lowest BCUT2D eigenvalue weighted by Gasteiger charge is -2.12. The number of aryl methyl sites for hydroxylation is 1. The summed E-state index contributed by atoms with van der Waals surface area (Å²) in [6.07, 6.45) is 7.06. The molecule has 0 aliphatic heterocycles. The summed E-state index contributed by atoms with van der Waals surface area (Å²) in [6, 6.07) is 0.520. The van der Waals surface area contributed by atoms with Crippen LogP contribution in [0.3, 0.4) is 0 Å². The average molecular weight is 179 g/mol. The maximum Gasteiger partial charge on any atom is 0.0540 e. The van der Waals surface area contributed by atoms with Crippen molar-refractivity contribution in [3.8, 4) is 0 Å². The average Bonchev–Trinajstić information content (AvgIpc) is 2.39. The molecule has 1 unspecified atom stereocenters. The van der Waals surface area contributed by atoms with Gasteiger partial charge in [0.2, 0.25) is 0 Å². The van der Waals surface area contributed by atoms with Crippen molar-refractivity contribution in [2.45, 2.75) is 31.7 Å². The van der Waals surface area contributed by atoms with E-state index in [4.69, 9.17) is 0 Å². The molecule has 3 nitrogen and oxygen atoms in total. The Labute approximate surface area is 79.1 Å². The summed E-state index contributed by atoms with van der Waals surface area (Å²) in [5, 5.41) is 7.67. The van der Waals surface area contributed by atoms with Gasteiger partial charge in [0.05, 0.1) is 6.20 Å². The molecule has 0 saturated carbocycles. The van der Waals surface area contributed by atoms with Gasteiger partial charge in [0, 0.05) is 24.3 Å². The molecule has 2 rings (SSSR count). The number of aromatic nitrogens is 2. The molecule has 0 spiro atoms. The van der Waals surface area contributed by atoms with Gasteiger partial charge in [0.15, 0.2) is 0 Å². The third kappa shape index (κ3) is 1.48. The maximum atomic E-state index is 4.31. The second-order valence-corrected chi connectivity index (χ2v) is 3.76. The van der Waals surface area contributed by atoms with Gasteiger partial charge in [-0.1, -0.05) is 6.42 Å². The number of hydrogen-bond donors (Lipinski definition) is 1. The van der Waals surface area contributed by atoms with Gasteiger partial charge in [-0.3, -0.25) is 4.68 Å². The van der Waals surface area contributed by atoms with Gasteiger partial charge in [0.1, 0.15) is 0 Å². The molecular formula is C10H17N3. The smallest absolute Gasteiger partial charge is 0.0540 e. The van der Waals surface area contributed by atoms with Crippen molar-refractivity contribution in [3.05, 3.63) is 17.5 Å². The summed E-state index contributed by atoms with van der Waals surface area (Å²) in [5.74, 6) is 0. The van der Waals surface area contributed by atoms with E-state index >= 15 is 0 Å². The van der Waals surface area contributed by atoms with E-state index in [2.05, 4.69) is 10.4 Å². The molecule has 1 aliphatic rings. The zero-order chi connectivity index (χ0) is 9.26. The molecule has 0 saturated heterocycles. The number of nitrogens with one attached hydrogen (secondary N) is 1. The van der Waals surface area contributed by atoms with Crippen LogP contribution in [0.5, 0.6) is 0 Å². The second kappa shape index (κ2) is 3.50. The van der Waals surface area contributed by atoms with Crippen LogP contribution in [0, 0.1) is 0 Å². The van der Waals surface area contributed by atoms with Crippen molar-refractivity contribution in [2.24, 2.45) is 7.05 Å². The molecule has 1 aromatic rings. The standard InChI is InChI=1S/C10H17N3/c1-11-9-5-3-4-6-10-8(9)7-12-13(10)2/h7,9,11H,3-6H2,1-2H3. The van der Waals surface area contributed by atoms with Crippen LogP contribution in [-0.4, -0.2) is 16.8 Å². The molecule has 0 aromatic carbocycles. The van der Waals surface area contributed by atoms with Crippen LogP contribution >= 0.6 is 0 Å². The molecule has 0 radical (unpaired) electrons. The first kappa shape index (κ1) is 8.75. The maximum absolute atomic E-state index is 4.31. The van der Waals surface area contributed by atoms with Gasteiger partial charge >= 0.3 is 0 Å². The Bertz CT molecular complexity index is 290. The minimum absolute atomic E-state index is 0.520. The SMILES string of the molecule is CNC1CCCCc2c1cnn2C. The molecule has 0 bridgehead atoms. The molecule has 1 atom stereocenters. The van der Waals surface area contributed by atoms with E-state index in [1.807, 2.05) is 25.0 Å². The zero-order valence-corrected chi connectivity index (χ0v) is 8.38. The van der Waals surface area contributed by atoms with Crippen LogP contribution in [0.4, 0.5) is 0 Å². The van der Waals surface area contributed by atoms with Gasteiger partial charge < -0.3 is 5.32 Å². The molecule has 1 heterocycles. The predicted octanol–water partition coefficient (Wildman–Crippen LogP) is 1.41. The number of hydrogen-bond acceptors (Lipinski definition) is 2. The third-order valence-corrected chi connectivity index (χ3v) is 2.97. The monoisotopic (exact) mass is 179 g/mol. The third-order valence-electron chi connectivity index (χ3n) is 2.97. The second-order valence-electron chi connectivity index (χ2n) is 3.76. The first-order valence-electron chi connectivity index (χ1n) is 5.01. The molecular weight excluding hydrogens is 162 g/mol. The molecule has 1 aliphatic carbocycles. The fourth-order valence-corrected chi connectivity index (χ4v) is 2.17. The highest BCUT2D eigenvalue weighted by Crippen LogP contribution is 2.27. The van der Waals surface area contributed by atoms with Crippen molar-refractivity contribution >= 4 is 0 Å². The van der Waals surface area contributed by atoms with Crippen LogP contribution in [0.15, 0.2) is 6.20 Å². The van der Waals surface area contributed by atoms with E-state index in [1.165, 1.54) is 36.9 Å². The van der Waals surface area contributed by atoms with Crippen molar-refractivity contribution in [1.29, 1.82) is 0 Å². The van der Waals surface area contributed by atoms with E-state index in [0.29, 0.717) is 6.04 Å². The summed E-state index contributed by atoms with van der Waals surface area (Å²) < 4.78 is 2.02. The van der Waals surface area contributed by atoms with Crippen molar-refractivity contribution < 1.29 is 0 Å². The molecule has 72 valence electrons. The Morgan fingerprint density at radius 3 is 3.15 bits per heavy atom. The van der Waals surface area contributed by atoms with E-state index in [0.717, 1.165) is 0 Å². The highest BCUT2D eigenvalue weighted by Gasteiger charge is 2.19. The molecule has 1 aromatic heterocycles. The number of fused-ring (bicyclic) bond motifs is 1. The Morgan fingerprint density at radius 2 is 2.38 bits per heavy atom. The fourth-order valence-electron chi connectivity index (χ4n) is 2.17. The summed E-state index contributed by atoms with van der Waals surface area (Å²) in [7, 11) is 4.07. The van der Waals surface area contributed by atoms with Crippen LogP contribution in [-0.2, 0) is 13.5 Å². The van der Waals surface area contributed by atoms with Gasteiger partial charge in [-0.15, -0.1) is 0 Å².